The largest absolute Gasteiger partial charge is 0.491 e. The molecule has 0 spiro atoms. The van der Waals surface area contributed by atoms with Crippen molar-refractivity contribution in [3.63, 3.8) is 0 Å². The van der Waals surface area contributed by atoms with Gasteiger partial charge in [-0.05, 0) is 31.5 Å². The predicted octanol–water partition coefficient (Wildman–Crippen LogP) is 1.88. The lowest BCUT2D eigenvalue weighted by molar-refractivity contribution is -0.147. The van der Waals surface area contributed by atoms with Gasteiger partial charge < -0.3 is 19.9 Å². The summed E-state index contributed by atoms with van der Waals surface area (Å²) < 4.78 is 15.5. The standard InChI is InChI=1S/C15H23NO4/c1-11(9-15(2,16)14(17)19-4)20-13-7-5-6-12(8-13)10-18-3/h5-8,11H,9-10,16H2,1-4H3. The second-order valence-corrected chi connectivity index (χ2v) is 5.12. The highest BCUT2D eigenvalue weighted by atomic mass is 16.5. The Balaban J connectivity index is 2.64. The molecule has 0 saturated heterocycles. The van der Waals surface area contributed by atoms with Gasteiger partial charge in [0.1, 0.15) is 11.3 Å². The summed E-state index contributed by atoms with van der Waals surface area (Å²) in [5.74, 6) is 0.286. The molecule has 0 aromatic heterocycles. The molecular weight excluding hydrogens is 258 g/mol. The molecule has 0 bridgehead atoms. The minimum atomic E-state index is -1.06. The number of ether oxygens (including phenoxy) is 3. The molecule has 0 aliphatic heterocycles. The average molecular weight is 281 g/mol. The molecule has 2 unspecified atom stereocenters. The highest BCUT2D eigenvalue weighted by molar-refractivity contribution is 5.79. The second kappa shape index (κ2) is 7.26. The van der Waals surface area contributed by atoms with E-state index in [9.17, 15) is 4.79 Å². The molecule has 0 aliphatic carbocycles. The highest BCUT2D eigenvalue weighted by Gasteiger charge is 2.32. The summed E-state index contributed by atoms with van der Waals surface area (Å²) in [6, 6.07) is 7.63. The van der Waals surface area contributed by atoms with E-state index in [0.717, 1.165) is 11.3 Å². The van der Waals surface area contributed by atoms with E-state index in [0.29, 0.717) is 13.0 Å². The first kappa shape index (κ1) is 16.5. The zero-order valence-electron chi connectivity index (χ0n) is 12.5. The van der Waals surface area contributed by atoms with Crippen molar-refractivity contribution in [3.05, 3.63) is 29.8 Å². The van der Waals surface area contributed by atoms with Gasteiger partial charge in [0, 0.05) is 13.5 Å². The van der Waals surface area contributed by atoms with Gasteiger partial charge in [-0.3, -0.25) is 4.79 Å². The zero-order valence-corrected chi connectivity index (χ0v) is 12.5. The third-order valence-electron chi connectivity index (χ3n) is 2.91. The fourth-order valence-corrected chi connectivity index (χ4v) is 2.06. The number of carbonyl (C=O) groups excluding carboxylic acids is 1. The molecule has 0 heterocycles. The normalized spacial score (nSPS) is 15.2. The van der Waals surface area contributed by atoms with Gasteiger partial charge in [0.05, 0.1) is 19.8 Å². The smallest absolute Gasteiger partial charge is 0.325 e. The summed E-state index contributed by atoms with van der Waals surface area (Å²) in [6.07, 6.45) is 0.163. The monoisotopic (exact) mass is 281 g/mol. The van der Waals surface area contributed by atoms with Crippen LogP contribution in [0.15, 0.2) is 24.3 Å². The molecule has 112 valence electrons. The fraction of sp³-hybridized carbons (Fsp3) is 0.533. The first-order valence-corrected chi connectivity index (χ1v) is 6.51. The highest BCUT2D eigenvalue weighted by Crippen LogP contribution is 2.19. The number of esters is 1. The first-order chi connectivity index (χ1) is 9.39. The molecule has 20 heavy (non-hydrogen) atoms. The van der Waals surface area contributed by atoms with Gasteiger partial charge in [-0.2, -0.15) is 0 Å². The molecule has 1 aromatic carbocycles. The lowest BCUT2D eigenvalue weighted by Gasteiger charge is -2.25. The van der Waals surface area contributed by atoms with Gasteiger partial charge >= 0.3 is 5.97 Å². The van der Waals surface area contributed by atoms with Crippen molar-refractivity contribution in [2.45, 2.75) is 38.5 Å². The van der Waals surface area contributed by atoms with E-state index in [4.69, 9.17) is 15.2 Å². The number of nitrogens with two attached hydrogens (primary N) is 1. The third kappa shape index (κ3) is 4.83. The topological polar surface area (TPSA) is 70.8 Å². The summed E-state index contributed by atoms with van der Waals surface area (Å²) >= 11 is 0. The van der Waals surface area contributed by atoms with Crippen molar-refractivity contribution < 1.29 is 19.0 Å². The molecule has 0 saturated carbocycles. The molecule has 2 N–H and O–H groups in total. The van der Waals surface area contributed by atoms with E-state index in [1.807, 2.05) is 31.2 Å². The summed E-state index contributed by atoms with van der Waals surface area (Å²) in [6.45, 7) is 4.04. The molecule has 5 nitrogen and oxygen atoms in total. The second-order valence-electron chi connectivity index (χ2n) is 5.12. The van der Waals surface area contributed by atoms with Gasteiger partial charge in [0.15, 0.2) is 0 Å². The number of hydrogen-bond donors (Lipinski definition) is 1. The lowest BCUT2D eigenvalue weighted by Crippen LogP contribution is -2.48. The number of rotatable bonds is 7. The van der Waals surface area contributed by atoms with Crippen LogP contribution in [-0.2, 0) is 20.9 Å². The number of hydrogen-bond acceptors (Lipinski definition) is 5. The van der Waals surface area contributed by atoms with E-state index in [1.165, 1.54) is 7.11 Å². The van der Waals surface area contributed by atoms with Crippen molar-refractivity contribution >= 4 is 5.97 Å². The maximum Gasteiger partial charge on any atom is 0.325 e. The summed E-state index contributed by atoms with van der Waals surface area (Å²) in [4.78, 5) is 11.5. The van der Waals surface area contributed by atoms with Crippen molar-refractivity contribution in [2.24, 2.45) is 5.73 Å². The Morgan fingerprint density at radius 2 is 2.10 bits per heavy atom. The van der Waals surface area contributed by atoms with Gasteiger partial charge in [-0.1, -0.05) is 12.1 Å². The Bertz CT molecular complexity index is 445. The van der Waals surface area contributed by atoms with Crippen LogP contribution in [0.3, 0.4) is 0 Å². The quantitative estimate of drug-likeness (QED) is 0.773. The Morgan fingerprint density at radius 1 is 1.40 bits per heavy atom. The number of benzene rings is 1. The SMILES string of the molecule is COCc1cccc(OC(C)CC(C)(N)C(=O)OC)c1. The summed E-state index contributed by atoms with van der Waals surface area (Å²) in [5, 5.41) is 0. The van der Waals surface area contributed by atoms with Crippen LogP contribution in [0.1, 0.15) is 25.8 Å². The van der Waals surface area contributed by atoms with Gasteiger partial charge in [0.25, 0.3) is 0 Å². The van der Waals surface area contributed by atoms with E-state index in [1.54, 1.807) is 14.0 Å². The van der Waals surface area contributed by atoms with Crippen LogP contribution < -0.4 is 10.5 Å². The van der Waals surface area contributed by atoms with Crippen molar-refractivity contribution in [2.75, 3.05) is 14.2 Å². The van der Waals surface area contributed by atoms with Crippen molar-refractivity contribution in [1.29, 1.82) is 0 Å². The Kier molecular flexibility index (Phi) is 5.98. The molecular formula is C15H23NO4. The van der Waals surface area contributed by atoms with Crippen LogP contribution in [0.4, 0.5) is 0 Å². The van der Waals surface area contributed by atoms with Crippen LogP contribution in [0, 0.1) is 0 Å². The maximum absolute atomic E-state index is 11.5. The zero-order chi connectivity index (χ0) is 15.2. The Labute approximate surface area is 120 Å². The maximum atomic E-state index is 11.5. The molecule has 0 amide bonds. The average Bonchev–Trinajstić information content (AvgIpc) is 2.37. The van der Waals surface area contributed by atoms with E-state index >= 15 is 0 Å². The lowest BCUT2D eigenvalue weighted by atomic mass is 9.96. The Hall–Kier alpha value is -1.59. The van der Waals surface area contributed by atoms with E-state index in [-0.39, 0.29) is 6.10 Å². The van der Waals surface area contributed by atoms with Crippen LogP contribution in [0.25, 0.3) is 0 Å². The molecule has 0 aliphatic rings. The van der Waals surface area contributed by atoms with Crippen LogP contribution in [-0.4, -0.2) is 31.8 Å². The van der Waals surface area contributed by atoms with Gasteiger partial charge in [0.2, 0.25) is 0 Å². The fourth-order valence-electron chi connectivity index (χ4n) is 2.06. The number of carbonyl (C=O) groups is 1. The Morgan fingerprint density at radius 3 is 2.70 bits per heavy atom. The molecule has 2 atom stereocenters. The predicted molar refractivity (Wildman–Crippen MR) is 76.5 cm³/mol. The minimum Gasteiger partial charge on any atom is -0.491 e. The third-order valence-corrected chi connectivity index (χ3v) is 2.91. The summed E-state index contributed by atoms with van der Waals surface area (Å²) in [5.41, 5.74) is 5.90. The van der Waals surface area contributed by atoms with Crippen LogP contribution in [0.5, 0.6) is 5.75 Å². The first-order valence-electron chi connectivity index (χ1n) is 6.51. The molecule has 0 fully saturated rings. The van der Waals surface area contributed by atoms with Crippen LogP contribution in [0.2, 0.25) is 0 Å². The van der Waals surface area contributed by atoms with Gasteiger partial charge in [-0.15, -0.1) is 0 Å². The molecule has 0 radical (unpaired) electrons. The van der Waals surface area contributed by atoms with E-state index < -0.39 is 11.5 Å². The molecule has 1 rings (SSSR count). The minimum absolute atomic E-state index is 0.207. The van der Waals surface area contributed by atoms with Gasteiger partial charge in [-0.25, -0.2) is 0 Å². The summed E-state index contributed by atoms with van der Waals surface area (Å²) in [7, 11) is 2.97. The van der Waals surface area contributed by atoms with Crippen molar-refractivity contribution in [1.82, 2.24) is 0 Å². The van der Waals surface area contributed by atoms with Crippen LogP contribution >= 0.6 is 0 Å². The van der Waals surface area contributed by atoms with E-state index in [2.05, 4.69) is 4.74 Å². The van der Waals surface area contributed by atoms with Crippen molar-refractivity contribution in [3.8, 4) is 5.75 Å². The molecule has 1 aromatic rings. The molecule has 5 heteroatoms. The number of methoxy groups -OCH3 is 2.